The number of likely N-dealkylation sites (tertiary alicyclic amines) is 1. The Morgan fingerprint density at radius 3 is 2.45 bits per heavy atom. The van der Waals surface area contributed by atoms with E-state index in [2.05, 4.69) is 29.4 Å². The molecule has 0 atom stereocenters. The van der Waals surface area contributed by atoms with Gasteiger partial charge in [0, 0.05) is 37.0 Å². The maximum Gasteiger partial charge on any atom is 0.0954 e. The Morgan fingerprint density at radius 2 is 1.91 bits per heavy atom. The fraction of sp³-hybridized carbons (Fsp3) is 0.812. The van der Waals surface area contributed by atoms with E-state index in [0.717, 1.165) is 18.5 Å². The molecule has 1 N–H and O–H groups in total. The summed E-state index contributed by atoms with van der Waals surface area (Å²) in [5.74, 6) is 1.56. The van der Waals surface area contributed by atoms with Crippen molar-refractivity contribution in [3.63, 3.8) is 0 Å². The number of aromatic nitrogens is 1. The molecule has 2 fully saturated rings. The Bertz CT molecular complexity index is 427. The van der Waals surface area contributed by atoms with E-state index in [1.165, 1.54) is 56.0 Å². The first kappa shape index (κ1) is 20.2. The summed E-state index contributed by atoms with van der Waals surface area (Å²) in [5, 5.41) is 7.27. The molecule has 0 unspecified atom stereocenters. The third-order valence-corrected chi connectivity index (χ3v) is 5.62. The van der Waals surface area contributed by atoms with Crippen molar-refractivity contribution in [3.8, 4) is 0 Å². The van der Waals surface area contributed by atoms with E-state index in [-0.39, 0.29) is 24.8 Å². The van der Waals surface area contributed by atoms with Gasteiger partial charge in [0.1, 0.15) is 0 Å². The normalized spacial score (nSPS) is 19.8. The molecule has 0 aromatic carbocycles. The summed E-state index contributed by atoms with van der Waals surface area (Å²) in [6.45, 7) is 9.18. The zero-order valence-electron chi connectivity index (χ0n) is 13.6. The first-order valence-corrected chi connectivity index (χ1v) is 8.98. The first-order valence-electron chi connectivity index (χ1n) is 8.10. The van der Waals surface area contributed by atoms with Crippen molar-refractivity contribution in [2.75, 3.05) is 19.6 Å². The van der Waals surface area contributed by atoms with Gasteiger partial charge >= 0.3 is 0 Å². The largest absolute Gasteiger partial charge is 0.314 e. The molecule has 0 spiro atoms. The summed E-state index contributed by atoms with van der Waals surface area (Å²) >= 11 is 1.81. The van der Waals surface area contributed by atoms with Crippen molar-refractivity contribution >= 4 is 36.2 Å². The predicted molar refractivity (Wildman–Crippen MR) is 99.7 cm³/mol. The van der Waals surface area contributed by atoms with Crippen molar-refractivity contribution < 1.29 is 0 Å². The third-order valence-electron chi connectivity index (χ3n) is 4.43. The predicted octanol–water partition coefficient (Wildman–Crippen LogP) is 4.07. The molecule has 1 aromatic heterocycles. The van der Waals surface area contributed by atoms with Gasteiger partial charge in [0.2, 0.25) is 0 Å². The van der Waals surface area contributed by atoms with Gasteiger partial charge in [-0.15, -0.1) is 36.2 Å². The van der Waals surface area contributed by atoms with Crippen LogP contribution in [0.2, 0.25) is 0 Å². The Labute approximate surface area is 151 Å². The molecule has 2 heterocycles. The smallest absolute Gasteiger partial charge is 0.0954 e. The molecular formula is C16H29Cl2N3S. The lowest BCUT2D eigenvalue weighted by molar-refractivity contribution is 0.188. The fourth-order valence-corrected chi connectivity index (χ4v) is 3.67. The van der Waals surface area contributed by atoms with Crippen LogP contribution >= 0.6 is 36.2 Å². The number of piperidine rings is 1. The highest BCUT2D eigenvalue weighted by molar-refractivity contribution is 7.09. The van der Waals surface area contributed by atoms with Crippen LogP contribution in [0.15, 0.2) is 5.38 Å². The highest BCUT2D eigenvalue weighted by Gasteiger charge is 2.24. The SMILES string of the molecule is CC(C)c1nc(CN2CCC(NCC3CC3)CC2)cs1.Cl.Cl. The second kappa shape index (κ2) is 9.43. The minimum Gasteiger partial charge on any atom is -0.314 e. The van der Waals surface area contributed by atoms with E-state index in [1.54, 1.807) is 0 Å². The third kappa shape index (κ3) is 5.97. The summed E-state index contributed by atoms with van der Waals surface area (Å²) in [7, 11) is 0. The molecule has 0 amide bonds. The quantitative estimate of drug-likeness (QED) is 0.823. The lowest BCUT2D eigenvalue weighted by atomic mass is 10.0. The minimum absolute atomic E-state index is 0. The molecule has 1 aliphatic carbocycles. The van der Waals surface area contributed by atoms with Gasteiger partial charge in [-0.1, -0.05) is 13.8 Å². The second-order valence-electron chi connectivity index (χ2n) is 6.73. The highest BCUT2D eigenvalue weighted by Crippen LogP contribution is 2.28. The van der Waals surface area contributed by atoms with Gasteiger partial charge < -0.3 is 5.32 Å². The summed E-state index contributed by atoms with van der Waals surface area (Å²) in [6, 6.07) is 0.758. The molecule has 22 heavy (non-hydrogen) atoms. The summed E-state index contributed by atoms with van der Waals surface area (Å²) in [6.07, 6.45) is 5.50. The van der Waals surface area contributed by atoms with E-state index in [1.807, 2.05) is 11.3 Å². The number of thiazole rings is 1. The monoisotopic (exact) mass is 365 g/mol. The highest BCUT2D eigenvalue weighted by atomic mass is 35.5. The second-order valence-corrected chi connectivity index (χ2v) is 7.62. The fourth-order valence-electron chi connectivity index (χ4n) is 2.84. The lowest BCUT2D eigenvalue weighted by Crippen LogP contribution is -2.42. The van der Waals surface area contributed by atoms with Crippen molar-refractivity contribution in [1.29, 1.82) is 0 Å². The van der Waals surface area contributed by atoms with Gasteiger partial charge in [0.15, 0.2) is 0 Å². The molecule has 3 rings (SSSR count). The van der Waals surface area contributed by atoms with Gasteiger partial charge in [-0.3, -0.25) is 4.90 Å². The standard InChI is InChI=1S/C16H27N3S.2ClH/c1-12(2)16-18-15(11-20-16)10-19-7-5-14(6-8-19)17-9-13-3-4-13;;/h11-14,17H,3-10H2,1-2H3;2*1H. The van der Waals surface area contributed by atoms with Gasteiger partial charge in [-0.25, -0.2) is 4.98 Å². The number of hydrogen-bond donors (Lipinski definition) is 1. The van der Waals surface area contributed by atoms with Crippen LogP contribution in [0.1, 0.15) is 56.2 Å². The molecule has 1 aliphatic heterocycles. The minimum atomic E-state index is 0. The van der Waals surface area contributed by atoms with Gasteiger partial charge in [0.25, 0.3) is 0 Å². The Morgan fingerprint density at radius 1 is 1.23 bits per heavy atom. The zero-order valence-corrected chi connectivity index (χ0v) is 16.0. The van der Waals surface area contributed by atoms with E-state index in [9.17, 15) is 0 Å². The van der Waals surface area contributed by atoms with Crippen LogP contribution in [0, 0.1) is 5.92 Å². The van der Waals surface area contributed by atoms with E-state index < -0.39 is 0 Å². The zero-order chi connectivity index (χ0) is 13.9. The van der Waals surface area contributed by atoms with Crippen LogP contribution in [0.25, 0.3) is 0 Å². The molecule has 2 aliphatic rings. The Kier molecular flexibility index (Phi) is 8.65. The topological polar surface area (TPSA) is 28.2 Å². The van der Waals surface area contributed by atoms with Crippen LogP contribution in [0.5, 0.6) is 0 Å². The number of nitrogens with one attached hydrogen (secondary N) is 1. The van der Waals surface area contributed by atoms with Crippen molar-refractivity contribution in [3.05, 3.63) is 16.1 Å². The Balaban J connectivity index is 0.00000121. The average Bonchev–Trinajstić information content (AvgIpc) is 3.15. The summed E-state index contributed by atoms with van der Waals surface area (Å²) in [4.78, 5) is 7.32. The molecular weight excluding hydrogens is 337 g/mol. The number of nitrogens with zero attached hydrogens (tertiary/aromatic N) is 2. The maximum atomic E-state index is 4.75. The van der Waals surface area contributed by atoms with Crippen LogP contribution in [-0.2, 0) is 6.54 Å². The maximum absolute atomic E-state index is 4.75. The molecule has 1 saturated heterocycles. The number of halogens is 2. The number of rotatable bonds is 6. The van der Waals surface area contributed by atoms with Crippen LogP contribution in [0.3, 0.4) is 0 Å². The van der Waals surface area contributed by atoms with Crippen LogP contribution in [-0.4, -0.2) is 35.6 Å². The van der Waals surface area contributed by atoms with E-state index in [0.29, 0.717) is 5.92 Å². The van der Waals surface area contributed by atoms with Gasteiger partial charge in [-0.2, -0.15) is 0 Å². The number of hydrogen-bond acceptors (Lipinski definition) is 4. The van der Waals surface area contributed by atoms with Crippen molar-refractivity contribution in [2.45, 2.75) is 58.0 Å². The van der Waals surface area contributed by atoms with Gasteiger partial charge in [-0.05, 0) is 38.1 Å². The lowest BCUT2D eigenvalue weighted by Gasteiger charge is -2.32. The molecule has 1 saturated carbocycles. The van der Waals surface area contributed by atoms with Gasteiger partial charge in [0.05, 0.1) is 10.7 Å². The molecule has 1 aromatic rings. The van der Waals surface area contributed by atoms with Crippen LogP contribution in [0.4, 0.5) is 0 Å². The molecule has 0 bridgehead atoms. The Hall–Kier alpha value is 0.130. The average molecular weight is 366 g/mol. The van der Waals surface area contributed by atoms with Crippen LogP contribution < -0.4 is 5.32 Å². The van der Waals surface area contributed by atoms with Crippen molar-refractivity contribution in [2.24, 2.45) is 5.92 Å². The summed E-state index contributed by atoms with van der Waals surface area (Å²) < 4.78 is 0. The first-order chi connectivity index (χ1) is 9.70. The van der Waals surface area contributed by atoms with E-state index in [4.69, 9.17) is 4.98 Å². The van der Waals surface area contributed by atoms with Crippen molar-refractivity contribution in [1.82, 2.24) is 15.2 Å². The summed E-state index contributed by atoms with van der Waals surface area (Å²) in [5.41, 5.74) is 1.27. The molecule has 128 valence electrons. The van der Waals surface area contributed by atoms with E-state index >= 15 is 0 Å². The molecule has 0 radical (unpaired) electrons. The molecule has 6 heteroatoms. The molecule has 3 nitrogen and oxygen atoms in total.